The molecule has 0 heterocycles. The Morgan fingerprint density at radius 2 is 2.19 bits per heavy atom. The van der Waals surface area contributed by atoms with Gasteiger partial charge in [-0.25, -0.2) is 4.79 Å². The molecule has 4 nitrogen and oxygen atoms in total. The number of alkyl halides is 1. The van der Waals surface area contributed by atoms with Gasteiger partial charge in [-0.1, -0.05) is 15.9 Å². The van der Waals surface area contributed by atoms with Crippen LogP contribution in [0.2, 0.25) is 0 Å². The Balaban J connectivity index is 3.38. The predicted molar refractivity (Wildman–Crippen MR) is 61.7 cm³/mol. The van der Waals surface area contributed by atoms with Crippen molar-refractivity contribution in [3.8, 4) is 11.8 Å². The summed E-state index contributed by atoms with van der Waals surface area (Å²) < 4.78 is 9.69. The van der Waals surface area contributed by atoms with Crippen LogP contribution in [-0.2, 0) is 10.1 Å². The first-order valence-corrected chi connectivity index (χ1v) is 5.55. The van der Waals surface area contributed by atoms with E-state index in [4.69, 9.17) is 10.00 Å². The Hall–Kier alpha value is -1.54. The van der Waals surface area contributed by atoms with E-state index in [0.717, 1.165) is 5.56 Å². The first-order valence-electron chi connectivity index (χ1n) is 4.43. The normalized spacial score (nSPS) is 9.38. The van der Waals surface area contributed by atoms with Crippen molar-refractivity contribution in [1.29, 1.82) is 5.26 Å². The van der Waals surface area contributed by atoms with Gasteiger partial charge in [0.25, 0.3) is 0 Å². The quantitative estimate of drug-likeness (QED) is 0.631. The second kappa shape index (κ2) is 5.52. The second-order valence-corrected chi connectivity index (χ2v) is 3.51. The minimum absolute atomic E-state index is 0.313. The first-order chi connectivity index (χ1) is 7.67. The lowest BCUT2D eigenvalue weighted by atomic mass is 10.0. The third-order valence-electron chi connectivity index (χ3n) is 2.10. The summed E-state index contributed by atoms with van der Waals surface area (Å²) in [5.74, 6) is -0.0155. The number of esters is 1. The number of halogens is 1. The van der Waals surface area contributed by atoms with Crippen LogP contribution in [0.4, 0.5) is 0 Å². The van der Waals surface area contributed by atoms with Gasteiger partial charge >= 0.3 is 5.97 Å². The average molecular weight is 284 g/mol. The number of ether oxygens (including phenoxy) is 2. The molecule has 0 radical (unpaired) electrons. The van der Waals surface area contributed by atoms with E-state index < -0.39 is 5.97 Å². The highest BCUT2D eigenvalue weighted by Crippen LogP contribution is 2.25. The van der Waals surface area contributed by atoms with E-state index in [2.05, 4.69) is 20.7 Å². The van der Waals surface area contributed by atoms with Crippen LogP contribution in [0.5, 0.6) is 5.75 Å². The van der Waals surface area contributed by atoms with Crippen molar-refractivity contribution in [3.05, 3.63) is 28.8 Å². The molecule has 1 aromatic carbocycles. The van der Waals surface area contributed by atoms with Gasteiger partial charge in [0.15, 0.2) is 0 Å². The van der Waals surface area contributed by atoms with Crippen molar-refractivity contribution < 1.29 is 14.3 Å². The van der Waals surface area contributed by atoms with Gasteiger partial charge in [0.1, 0.15) is 11.8 Å². The average Bonchev–Trinajstić information content (AvgIpc) is 2.35. The third-order valence-corrected chi connectivity index (χ3v) is 2.70. The minimum atomic E-state index is -0.464. The number of hydrogen-bond acceptors (Lipinski definition) is 4. The van der Waals surface area contributed by atoms with Crippen LogP contribution in [0.3, 0.4) is 0 Å². The van der Waals surface area contributed by atoms with Crippen LogP contribution in [0.1, 0.15) is 21.5 Å². The largest absolute Gasteiger partial charge is 0.495 e. The molecule has 0 aliphatic rings. The van der Waals surface area contributed by atoms with Gasteiger partial charge in [0.05, 0.1) is 25.3 Å². The molecule has 0 amide bonds. The standard InChI is InChI=1S/C11H10BrNO3/c1-15-10-4-7(5-12)9(11(14)16-2)3-8(10)6-13/h3-4H,5H2,1-2H3. The summed E-state index contributed by atoms with van der Waals surface area (Å²) in [6.07, 6.45) is 0. The number of hydrogen-bond donors (Lipinski definition) is 0. The summed E-state index contributed by atoms with van der Waals surface area (Å²) in [5.41, 5.74) is 1.41. The number of benzene rings is 1. The lowest BCUT2D eigenvalue weighted by molar-refractivity contribution is 0.0600. The number of nitrogens with zero attached hydrogens (tertiary/aromatic N) is 1. The van der Waals surface area contributed by atoms with E-state index in [1.54, 1.807) is 6.07 Å². The van der Waals surface area contributed by atoms with E-state index in [1.165, 1.54) is 20.3 Å². The molecule has 0 aromatic heterocycles. The fraction of sp³-hybridized carbons (Fsp3) is 0.273. The fourth-order valence-corrected chi connectivity index (χ4v) is 1.75. The molecule has 84 valence electrons. The van der Waals surface area contributed by atoms with Crippen molar-refractivity contribution >= 4 is 21.9 Å². The lowest BCUT2D eigenvalue weighted by Gasteiger charge is -2.09. The van der Waals surface area contributed by atoms with Crippen LogP contribution in [0, 0.1) is 11.3 Å². The molecular formula is C11H10BrNO3. The molecule has 0 atom stereocenters. The zero-order valence-electron chi connectivity index (χ0n) is 8.91. The summed E-state index contributed by atoms with van der Waals surface area (Å²) in [7, 11) is 2.78. The molecule has 0 spiro atoms. The number of carbonyl (C=O) groups is 1. The Morgan fingerprint density at radius 1 is 1.50 bits per heavy atom. The van der Waals surface area contributed by atoms with E-state index in [9.17, 15) is 4.79 Å². The van der Waals surface area contributed by atoms with Crippen LogP contribution in [0.25, 0.3) is 0 Å². The molecule has 0 saturated heterocycles. The summed E-state index contributed by atoms with van der Waals surface area (Å²) in [5, 5.41) is 9.38. The SMILES string of the molecule is COC(=O)c1cc(C#N)c(OC)cc1CBr. The van der Waals surface area contributed by atoms with Crippen LogP contribution < -0.4 is 4.74 Å². The maximum absolute atomic E-state index is 11.5. The van der Waals surface area contributed by atoms with Gasteiger partial charge in [-0.2, -0.15) is 5.26 Å². The second-order valence-electron chi connectivity index (χ2n) is 2.95. The first kappa shape index (κ1) is 12.5. The summed E-state index contributed by atoms with van der Waals surface area (Å²) in [6.45, 7) is 0. The Bertz CT molecular complexity index is 451. The van der Waals surface area contributed by atoms with Crippen LogP contribution >= 0.6 is 15.9 Å². The molecule has 0 saturated carbocycles. The molecule has 0 bridgehead atoms. The smallest absolute Gasteiger partial charge is 0.338 e. The molecule has 0 unspecified atom stereocenters. The molecule has 5 heteroatoms. The van der Waals surface area contributed by atoms with Crippen molar-refractivity contribution in [2.45, 2.75) is 5.33 Å². The number of nitriles is 1. The van der Waals surface area contributed by atoms with Crippen molar-refractivity contribution in [2.75, 3.05) is 14.2 Å². The van der Waals surface area contributed by atoms with Gasteiger partial charge < -0.3 is 9.47 Å². The highest BCUT2D eigenvalue weighted by molar-refractivity contribution is 9.08. The summed E-state index contributed by atoms with van der Waals surface area (Å²) in [6, 6.07) is 5.09. The zero-order chi connectivity index (χ0) is 12.1. The predicted octanol–water partition coefficient (Wildman–Crippen LogP) is 2.25. The number of methoxy groups -OCH3 is 2. The molecule has 1 rings (SSSR count). The lowest BCUT2D eigenvalue weighted by Crippen LogP contribution is -2.06. The monoisotopic (exact) mass is 283 g/mol. The number of carbonyl (C=O) groups excluding carboxylic acids is 1. The Labute approximate surface area is 102 Å². The van der Waals surface area contributed by atoms with Crippen LogP contribution in [0.15, 0.2) is 12.1 Å². The van der Waals surface area contributed by atoms with Gasteiger partial charge in [-0.15, -0.1) is 0 Å². The molecule has 0 N–H and O–H groups in total. The zero-order valence-corrected chi connectivity index (χ0v) is 10.5. The van der Waals surface area contributed by atoms with E-state index >= 15 is 0 Å². The minimum Gasteiger partial charge on any atom is -0.495 e. The van der Waals surface area contributed by atoms with E-state index in [-0.39, 0.29) is 0 Å². The fourth-order valence-electron chi connectivity index (χ4n) is 1.29. The van der Waals surface area contributed by atoms with Crippen molar-refractivity contribution in [2.24, 2.45) is 0 Å². The molecule has 0 fully saturated rings. The maximum Gasteiger partial charge on any atom is 0.338 e. The molecule has 16 heavy (non-hydrogen) atoms. The Kier molecular flexibility index (Phi) is 4.32. The number of rotatable bonds is 3. The molecule has 0 aliphatic heterocycles. The van der Waals surface area contributed by atoms with E-state index in [1.807, 2.05) is 6.07 Å². The topological polar surface area (TPSA) is 59.3 Å². The van der Waals surface area contributed by atoms with Crippen LogP contribution in [-0.4, -0.2) is 20.2 Å². The maximum atomic E-state index is 11.5. The molecular weight excluding hydrogens is 274 g/mol. The molecule has 0 aliphatic carbocycles. The summed E-state index contributed by atoms with van der Waals surface area (Å²) in [4.78, 5) is 11.5. The Morgan fingerprint density at radius 3 is 2.62 bits per heavy atom. The highest BCUT2D eigenvalue weighted by Gasteiger charge is 2.15. The van der Waals surface area contributed by atoms with Crippen molar-refractivity contribution in [3.63, 3.8) is 0 Å². The molecule has 1 aromatic rings. The summed E-state index contributed by atoms with van der Waals surface area (Å²) >= 11 is 3.27. The highest BCUT2D eigenvalue weighted by atomic mass is 79.9. The van der Waals surface area contributed by atoms with Crippen molar-refractivity contribution in [1.82, 2.24) is 0 Å². The van der Waals surface area contributed by atoms with Gasteiger partial charge in [-0.3, -0.25) is 0 Å². The van der Waals surface area contributed by atoms with Gasteiger partial charge in [-0.05, 0) is 17.7 Å². The van der Waals surface area contributed by atoms with E-state index in [0.29, 0.717) is 22.2 Å². The third kappa shape index (κ3) is 2.34. The van der Waals surface area contributed by atoms with Gasteiger partial charge in [0, 0.05) is 5.33 Å². The van der Waals surface area contributed by atoms with Gasteiger partial charge in [0.2, 0.25) is 0 Å².